The molecule has 0 heterocycles. The molecule has 0 bridgehead atoms. The van der Waals surface area contributed by atoms with Crippen LogP contribution in [0, 0.1) is 27.6 Å². The predicted octanol–water partition coefficient (Wildman–Crippen LogP) is 2.53. The van der Waals surface area contributed by atoms with E-state index in [9.17, 15) is 32.9 Å². The van der Waals surface area contributed by atoms with Gasteiger partial charge in [-0.1, -0.05) is 0 Å². The molecule has 2 aromatic rings. The molecule has 1 amide bonds. The average Bonchev–Trinajstić information content (AvgIpc) is 2.65. The van der Waals surface area contributed by atoms with Crippen LogP contribution in [-0.4, -0.2) is 37.1 Å². The number of nitro groups is 1. The van der Waals surface area contributed by atoms with E-state index in [1.54, 1.807) is 0 Å². The second-order valence-corrected chi connectivity index (χ2v) is 5.75. The maximum absolute atomic E-state index is 13.8. The quantitative estimate of drug-likeness (QED) is 0.425. The summed E-state index contributed by atoms with van der Waals surface area (Å²) in [5.41, 5.74) is -1.23. The third kappa shape index (κ3) is 5.00. The molecule has 1 atom stereocenters. The van der Waals surface area contributed by atoms with E-state index >= 15 is 0 Å². The summed E-state index contributed by atoms with van der Waals surface area (Å²) < 4.78 is 50.4. The number of halogens is 3. The number of hydrogen-bond donors (Lipinski definition) is 1. The third-order valence-electron chi connectivity index (χ3n) is 3.92. The van der Waals surface area contributed by atoms with Crippen LogP contribution in [0.4, 0.5) is 18.9 Å². The highest BCUT2D eigenvalue weighted by Crippen LogP contribution is 2.25. The summed E-state index contributed by atoms with van der Waals surface area (Å²) in [5.74, 6) is -6.27. The molecule has 0 radical (unpaired) electrons. The zero-order valence-electron chi connectivity index (χ0n) is 15.2. The zero-order valence-corrected chi connectivity index (χ0v) is 15.2. The Hall–Kier alpha value is -3.63. The molecule has 29 heavy (non-hydrogen) atoms. The van der Waals surface area contributed by atoms with Crippen molar-refractivity contribution in [2.24, 2.45) is 0 Å². The average molecular weight is 412 g/mol. The fourth-order valence-corrected chi connectivity index (χ4v) is 2.58. The number of methoxy groups -OCH3 is 2. The van der Waals surface area contributed by atoms with Crippen molar-refractivity contribution in [2.45, 2.75) is 12.5 Å². The number of nitrogens with one attached hydrogen (secondary N) is 1. The number of carbonyl (C=O) groups is 2. The molecule has 154 valence electrons. The summed E-state index contributed by atoms with van der Waals surface area (Å²) in [4.78, 5) is 34.7. The second kappa shape index (κ2) is 9.04. The van der Waals surface area contributed by atoms with Crippen LogP contribution in [0.5, 0.6) is 5.75 Å². The van der Waals surface area contributed by atoms with Gasteiger partial charge in [0.15, 0.2) is 0 Å². The topological polar surface area (TPSA) is 108 Å². The van der Waals surface area contributed by atoms with Crippen molar-refractivity contribution in [2.75, 3.05) is 14.2 Å². The molecule has 0 spiro atoms. The van der Waals surface area contributed by atoms with Gasteiger partial charge in [0, 0.05) is 36.2 Å². The first kappa shape index (κ1) is 21.7. The number of rotatable bonds is 7. The van der Waals surface area contributed by atoms with E-state index in [4.69, 9.17) is 4.74 Å². The van der Waals surface area contributed by atoms with Crippen molar-refractivity contribution in [3.05, 3.63) is 69.0 Å². The maximum Gasteiger partial charge on any atom is 0.328 e. The first-order valence-electron chi connectivity index (χ1n) is 8.02. The molecule has 0 unspecified atom stereocenters. The van der Waals surface area contributed by atoms with Crippen molar-refractivity contribution < 1.29 is 37.2 Å². The lowest BCUT2D eigenvalue weighted by atomic mass is 10.0. The van der Waals surface area contributed by atoms with E-state index in [1.807, 2.05) is 0 Å². The minimum absolute atomic E-state index is 0.164. The number of non-ortho nitro benzene ring substituents is 1. The Morgan fingerprint density at radius 2 is 1.76 bits per heavy atom. The lowest BCUT2D eigenvalue weighted by Gasteiger charge is -2.18. The second-order valence-electron chi connectivity index (χ2n) is 5.75. The molecule has 0 saturated heterocycles. The normalized spacial score (nSPS) is 11.5. The first-order chi connectivity index (χ1) is 13.7. The minimum Gasteiger partial charge on any atom is -0.496 e. The Morgan fingerprint density at radius 1 is 1.14 bits per heavy atom. The fourth-order valence-electron chi connectivity index (χ4n) is 2.58. The van der Waals surface area contributed by atoms with Gasteiger partial charge in [0.05, 0.1) is 19.1 Å². The maximum atomic E-state index is 13.8. The molecule has 0 aromatic heterocycles. The van der Waals surface area contributed by atoms with Crippen molar-refractivity contribution >= 4 is 17.6 Å². The number of ether oxygens (including phenoxy) is 2. The van der Waals surface area contributed by atoms with E-state index in [0.717, 1.165) is 13.2 Å². The third-order valence-corrected chi connectivity index (χ3v) is 3.92. The highest BCUT2D eigenvalue weighted by molar-refractivity contribution is 5.97. The Morgan fingerprint density at radius 3 is 2.28 bits per heavy atom. The molecular weight excluding hydrogens is 397 g/mol. The van der Waals surface area contributed by atoms with Gasteiger partial charge in [0.25, 0.3) is 11.6 Å². The SMILES string of the molecule is COC(=O)[C@@H](Cc1cc([N+](=O)[O-])ccc1OC)NC(=O)c1c(F)cc(F)cc1F. The molecule has 8 nitrogen and oxygen atoms in total. The van der Waals surface area contributed by atoms with E-state index in [0.29, 0.717) is 12.1 Å². The van der Waals surface area contributed by atoms with Gasteiger partial charge < -0.3 is 14.8 Å². The highest BCUT2D eigenvalue weighted by Gasteiger charge is 2.28. The van der Waals surface area contributed by atoms with Gasteiger partial charge in [0.1, 0.15) is 34.8 Å². The number of carbonyl (C=O) groups excluding carboxylic acids is 2. The van der Waals surface area contributed by atoms with Gasteiger partial charge >= 0.3 is 5.97 Å². The Kier molecular flexibility index (Phi) is 6.75. The largest absolute Gasteiger partial charge is 0.496 e. The number of esters is 1. The summed E-state index contributed by atoms with van der Waals surface area (Å²) in [6.07, 6.45) is -0.340. The highest BCUT2D eigenvalue weighted by atomic mass is 19.1. The van der Waals surface area contributed by atoms with Crippen LogP contribution in [0.2, 0.25) is 0 Å². The predicted molar refractivity (Wildman–Crippen MR) is 92.9 cm³/mol. The van der Waals surface area contributed by atoms with Crippen LogP contribution >= 0.6 is 0 Å². The molecule has 2 rings (SSSR count). The smallest absolute Gasteiger partial charge is 0.328 e. The number of benzene rings is 2. The van der Waals surface area contributed by atoms with Crippen molar-refractivity contribution in [3.8, 4) is 5.75 Å². The molecular formula is C18H15F3N2O6. The van der Waals surface area contributed by atoms with Crippen molar-refractivity contribution in [3.63, 3.8) is 0 Å². The van der Waals surface area contributed by atoms with Crippen LogP contribution in [-0.2, 0) is 16.0 Å². The van der Waals surface area contributed by atoms with Gasteiger partial charge in [-0.3, -0.25) is 14.9 Å². The summed E-state index contributed by atoms with van der Waals surface area (Å²) in [6, 6.07) is 2.76. The molecule has 2 aromatic carbocycles. The molecule has 0 aliphatic carbocycles. The molecule has 1 N–H and O–H groups in total. The number of nitro benzene ring substituents is 1. The van der Waals surface area contributed by atoms with Gasteiger partial charge in [-0.15, -0.1) is 0 Å². The van der Waals surface area contributed by atoms with Crippen molar-refractivity contribution in [1.29, 1.82) is 0 Å². The Labute approximate surface area is 162 Å². The van der Waals surface area contributed by atoms with Gasteiger partial charge in [-0.2, -0.15) is 0 Å². The summed E-state index contributed by atoms with van der Waals surface area (Å²) in [6.45, 7) is 0. The van der Waals surface area contributed by atoms with Gasteiger partial charge in [-0.05, 0) is 6.07 Å². The molecule has 0 fully saturated rings. The minimum atomic E-state index is -1.47. The standard InChI is InChI=1S/C18H15F3N2O6/c1-28-15-4-3-11(23(26)27)5-9(15)6-14(18(25)29-2)22-17(24)16-12(20)7-10(19)8-13(16)21/h3-5,7-8,14H,6H2,1-2H3,(H,22,24)/t14-/m1/s1. The van der Waals surface area contributed by atoms with Crippen LogP contribution in [0.3, 0.4) is 0 Å². The lowest BCUT2D eigenvalue weighted by molar-refractivity contribution is -0.384. The van der Waals surface area contributed by atoms with Crippen molar-refractivity contribution in [1.82, 2.24) is 5.32 Å². The van der Waals surface area contributed by atoms with Crippen LogP contribution < -0.4 is 10.1 Å². The Bertz CT molecular complexity index is 944. The number of hydrogen-bond acceptors (Lipinski definition) is 6. The van der Waals surface area contributed by atoms with E-state index in [1.165, 1.54) is 19.2 Å². The molecule has 0 saturated carbocycles. The van der Waals surface area contributed by atoms with Crippen LogP contribution in [0.15, 0.2) is 30.3 Å². The number of nitrogens with zero attached hydrogens (tertiary/aromatic N) is 1. The first-order valence-corrected chi connectivity index (χ1v) is 8.02. The van der Waals surface area contributed by atoms with E-state index in [2.05, 4.69) is 10.1 Å². The zero-order chi connectivity index (χ0) is 21.7. The van der Waals surface area contributed by atoms with E-state index < -0.39 is 45.9 Å². The Balaban J connectivity index is 2.37. The van der Waals surface area contributed by atoms with E-state index in [-0.39, 0.29) is 23.4 Å². The van der Waals surface area contributed by atoms with Gasteiger partial charge in [-0.25, -0.2) is 18.0 Å². The molecule has 11 heteroatoms. The fraction of sp³-hybridized carbons (Fsp3) is 0.222. The van der Waals surface area contributed by atoms with Crippen LogP contribution in [0.1, 0.15) is 15.9 Å². The molecule has 0 aliphatic heterocycles. The summed E-state index contributed by atoms with van der Waals surface area (Å²) in [5, 5.41) is 13.1. The number of amides is 1. The lowest BCUT2D eigenvalue weighted by Crippen LogP contribution is -2.43. The van der Waals surface area contributed by atoms with Crippen LogP contribution in [0.25, 0.3) is 0 Å². The van der Waals surface area contributed by atoms with Gasteiger partial charge in [0.2, 0.25) is 0 Å². The monoisotopic (exact) mass is 412 g/mol. The molecule has 0 aliphatic rings. The summed E-state index contributed by atoms with van der Waals surface area (Å²) in [7, 11) is 2.31. The summed E-state index contributed by atoms with van der Waals surface area (Å²) >= 11 is 0.